The summed E-state index contributed by atoms with van der Waals surface area (Å²) in [6.07, 6.45) is 64.3. The highest BCUT2D eigenvalue weighted by molar-refractivity contribution is 5.72. The molecule has 0 spiro atoms. The summed E-state index contributed by atoms with van der Waals surface area (Å²) in [5.41, 5.74) is 0. The van der Waals surface area contributed by atoms with Gasteiger partial charge in [-0.25, -0.2) is 0 Å². The van der Waals surface area contributed by atoms with Gasteiger partial charge in [-0.15, -0.1) is 0 Å². The van der Waals surface area contributed by atoms with E-state index in [-0.39, 0.29) is 31.6 Å². The zero-order valence-electron chi connectivity index (χ0n) is 42.6. The topological polar surface area (TPSA) is 78.9 Å². The van der Waals surface area contributed by atoms with Crippen molar-refractivity contribution in [1.29, 1.82) is 0 Å². The number of allylic oxidation sites excluding steroid dienone is 7. The number of unbranched alkanes of at least 4 members (excludes halogenated alkanes) is 32. The van der Waals surface area contributed by atoms with E-state index >= 15 is 0 Å². The lowest BCUT2D eigenvalue weighted by molar-refractivity contribution is -0.166. The van der Waals surface area contributed by atoms with Crippen LogP contribution in [0.4, 0.5) is 0 Å². The van der Waals surface area contributed by atoms with Crippen molar-refractivity contribution < 1.29 is 28.6 Å². The molecule has 0 radical (unpaired) electrons. The van der Waals surface area contributed by atoms with Crippen molar-refractivity contribution in [2.24, 2.45) is 0 Å². The van der Waals surface area contributed by atoms with Crippen LogP contribution in [0.15, 0.2) is 48.6 Å². The average molecular weight is 897 g/mol. The second kappa shape index (κ2) is 53.0. The maximum Gasteiger partial charge on any atom is 0.309 e. The minimum absolute atomic E-state index is 0.0995. The van der Waals surface area contributed by atoms with Crippen LogP contribution >= 0.6 is 0 Å². The first-order chi connectivity index (χ1) is 31.5. The van der Waals surface area contributed by atoms with E-state index in [1.165, 1.54) is 186 Å². The van der Waals surface area contributed by atoms with Crippen molar-refractivity contribution in [1.82, 2.24) is 0 Å². The molecule has 64 heavy (non-hydrogen) atoms. The first kappa shape index (κ1) is 61.4. The summed E-state index contributed by atoms with van der Waals surface area (Å²) >= 11 is 0. The van der Waals surface area contributed by atoms with Crippen LogP contribution in [0.25, 0.3) is 0 Å². The Morgan fingerprint density at radius 1 is 0.344 bits per heavy atom. The summed E-state index contributed by atoms with van der Waals surface area (Å²) in [5.74, 6) is -1.02. The number of esters is 3. The van der Waals surface area contributed by atoms with Crippen LogP contribution in [0.1, 0.15) is 284 Å². The summed E-state index contributed by atoms with van der Waals surface area (Å²) < 4.78 is 16.7. The van der Waals surface area contributed by atoms with Crippen molar-refractivity contribution in [2.75, 3.05) is 13.2 Å². The van der Waals surface area contributed by atoms with Gasteiger partial charge >= 0.3 is 17.9 Å². The van der Waals surface area contributed by atoms with Gasteiger partial charge in [0.2, 0.25) is 0 Å². The Bertz CT molecular complexity index is 1120. The quantitative estimate of drug-likeness (QED) is 0.0262. The fourth-order valence-corrected chi connectivity index (χ4v) is 7.97. The van der Waals surface area contributed by atoms with E-state index in [1.54, 1.807) is 6.08 Å². The summed E-state index contributed by atoms with van der Waals surface area (Å²) in [4.78, 5) is 37.9. The fraction of sp³-hybridized carbons (Fsp3) is 0.810. The standard InChI is InChI=1S/C58H104O6/c1-4-7-10-13-16-19-21-23-25-27-29-31-32-34-36-39-42-45-48-51-57(60)63-54-55(53-62-56(59)50-47-44-41-38-18-15-12-9-6-3)64-58(61)52-49-46-43-40-37-35-33-30-28-26-24-22-20-17-14-11-8-5-2/h9,12,18,27,29,38,44,47,55H,4-8,10-11,13-17,19-26,28,30-37,39-43,45-46,48-54H2,1-3H3/b12-9-,29-27-,38-18-,47-44-. The van der Waals surface area contributed by atoms with E-state index < -0.39 is 12.1 Å². The molecule has 1 atom stereocenters. The molecule has 0 rings (SSSR count). The van der Waals surface area contributed by atoms with Crippen LogP contribution in [0.5, 0.6) is 0 Å². The van der Waals surface area contributed by atoms with Gasteiger partial charge in [0.05, 0.1) is 6.42 Å². The zero-order valence-corrected chi connectivity index (χ0v) is 42.6. The monoisotopic (exact) mass is 897 g/mol. The van der Waals surface area contributed by atoms with Crippen LogP contribution in [0.3, 0.4) is 0 Å². The van der Waals surface area contributed by atoms with Crippen molar-refractivity contribution >= 4 is 17.9 Å². The first-order valence-corrected chi connectivity index (χ1v) is 27.6. The molecule has 0 amide bonds. The molecule has 0 aromatic carbocycles. The highest BCUT2D eigenvalue weighted by atomic mass is 16.6. The number of carbonyl (C=O) groups is 3. The molecule has 6 heteroatoms. The molecular formula is C58H104O6. The van der Waals surface area contributed by atoms with Crippen molar-refractivity contribution in [2.45, 2.75) is 290 Å². The highest BCUT2D eigenvalue weighted by Gasteiger charge is 2.19. The molecule has 0 aliphatic heterocycles. The molecule has 0 aliphatic rings. The Morgan fingerprint density at radius 3 is 1.08 bits per heavy atom. The van der Waals surface area contributed by atoms with Crippen LogP contribution < -0.4 is 0 Å². The summed E-state index contributed by atoms with van der Waals surface area (Å²) in [6, 6.07) is 0. The lowest BCUT2D eigenvalue weighted by Gasteiger charge is -2.18. The van der Waals surface area contributed by atoms with Crippen LogP contribution in [-0.2, 0) is 28.6 Å². The van der Waals surface area contributed by atoms with Crippen LogP contribution in [0.2, 0.25) is 0 Å². The fourth-order valence-electron chi connectivity index (χ4n) is 7.97. The molecule has 0 aliphatic carbocycles. The molecule has 372 valence electrons. The van der Waals surface area contributed by atoms with E-state index in [1.807, 2.05) is 6.08 Å². The molecule has 0 bridgehead atoms. The second-order valence-electron chi connectivity index (χ2n) is 18.5. The van der Waals surface area contributed by atoms with Crippen LogP contribution in [0, 0.1) is 0 Å². The van der Waals surface area contributed by atoms with Gasteiger partial charge in [-0.2, -0.15) is 0 Å². The molecule has 6 nitrogen and oxygen atoms in total. The van der Waals surface area contributed by atoms with Crippen LogP contribution in [-0.4, -0.2) is 37.2 Å². The summed E-state index contributed by atoms with van der Waals surface area (Å²) in [7, 11) is 0. The molecule has 0 saturated carbocycles. The van der Waals surface area contributed by atoms with Gasteiger partial charge in [-0.1, -0.05) is 256 Å². The van der Waals surface area contributed by atoms with E-state index in [4.69, 9.17) is 14.2 Å². The van der Waals surface area contributed by atoms with Crippen molar-refractivity contribution in [3.63, 3.8) is 0 Å². The predicted molar refractivity (Wildman–Crippen MR) is 275 cm³/mol. The Hall–Kier alpha value is -2.63. The SMILES string of the molecule is CC/C=C\C/C=C\C/C=C\CC(=O)OCC(COC(=O)CCCCCCCCC/C=C\CCCCCCCCCC)OC(=O)CCCCCCCCCCCCCCCCCCCC. The van der Waals surface area contributed by atoms with Gasteiger partial charge in [0, 0.05) is 12.8 Å². The zero-order chi connectivity index (χ0) is 46.5. The summed E-state index contributed by atoms with van der Waals surface area (Å²) in [6.45, 7) is 6.45. The third-order valence-corrected chi connectivity index (χ3v) is 12.1. The van der Waals surface area contributed by atoms with Crippen molar-refractivity contribution in [3.8, 4) is 0 Å². The molecule has 0 fully saturated rings. The number of hydrogen-bond donors (Lipinski definition) is 0. The largest absolute Gasteiger partial charge is 0.462 e. The summed E-state index contributed by atoms with van der Waals surface area (Å²) in [5, 5.41) is 0. The van der Waals surface area contributed by atoms with Gasteiger partial charge < -0.3 is 14.2 Å². The van der Waals surface area contributed by atoms with Crippen molar-refractivity contribution in [3.05, 3.63) is 48.6 Å². The molecule has 0 aromatic rings. The Balaban J connectivity index is 4.29. The minimum Gasteiger partial charge on any atom is -0.462 e. The molecular weight excluding hydrogens is 793 g/mol. The normalized spacial score (nSPS) is 12.4. The first-order valence-electron chi connectivity index (χ1n) is 27.6. The maximum absolute atomic E-state index is 12.8. The van der Waals surface area contributed by atoms with Gasteiger partial charge in [0.1, 0.15) is 13.2 Å². The third-order valence-electron chi connectivity index (χ3n) is 12.1. The molecule has 1 unspecified atom stereocenters. The van der Waals surface area contributed by atoms with E-state index in [0.29, 0.717) is 12.8 Å². The maximum atomic E-state index is 12.8. The lowest BCUT2D eigenvalue weighted by Crippen LogP contribution is -2.30. The van der Waals surface area contributed by atoms with E-state index in [0.717, 1.165) is 57.8 Å². The number of hydrogen-bond acceptors (Lipinski definition) is 6. The highest BCUT2D eigenvalue weighted by Crippen LogP contribution is 2.16. The van der Waals surface area contributed by atoms with E-state index in [9.17, 15) is 14.4 Å². The second-order valence-corrected chi connectivity index (χ2v) is 18.5. The van der Waals surface area contributed by atoms with Gasteiger partial charge in [-0.3, -0.25) is 14.4 Å². The Morgan fingerprint density at radius 2 is 0.672 bits per heavy atom. The van der Waals surface area contributed by atoms with Gasteiger partial charge in [-0.05, 0) is 57.8 Å². The molecule has 0 N–H and O–H groups in total. The minimum atomic E-state index is -0.806. The molecule has 0 heterocycles. The van der Waals surface area contributed by atoms with Gasteiger partial charge in [0.25, 0.3) is 0 Å². The number of rotatable bonds is 50. The number of carbonyl (C=O) groups excluding carboxylic acids is 3. The lowest BCUT2D eigenvalue weighted by atomic mass is 10.0. The van der Waals surface area contributed by atoms with Gasteiger partial charge in [0.15, 0.2) is 6.10 Å². The van der Waals surface area contributed by atoms with E-state index in [2.05, 4.69) is 57.2 Å². The average Bonchev–Trinajstić information content (AvgIpc) is 3.29. The number of ether oxygens (including phenoxy) is 3. The Kier molecular flexibility index (Phi) is 50.8. The molecule has 0 saturated heterocycles. The predicted octanol–water partition coefficient (Wildman–Crippen LogP) is 18.3. The molecule has 0 aromatic heterocycles. The smallest absolute Gasteiger partial charge is 0.309 e. The third kappa shape index (κ3) is 50.4. The Labute approximate surface area is 397 Å².